The molecule has 1 aliphatic rings. The Labute approximate surface area is 174 Å². The zero-order chi connectivity index (χ0) is 21.8. The lowest BCUT2D eigenvalue weighted by atomic mass is 9.95. The van der Waals surface area contributed by atoms with Crippen molar-refractivity contribution in [1.82, 2.24) is 14.9 Å². The topological polar surface area (TPSA) is 114 Å². The minimum absolute atomic E-state index is 0.205. The second-order valence-corrected chi connectivity index (χ2v) is 7.66. The van der Waals surface area contributed by atoms with Crippen LogP contribution in [0, 0.1) is 30.0 Å². The standard InChI is InChI=1S/C21H26FN5O3/c1-13-11-24-20(26(13)2)18(28)19(29)21(30)25-12-14-5-7-27(8-6-14)17-4-3-16(22)9-15(17)10-23/h3-4,9,11,14,18-19,28-29H,5-8,12H2,1-2H3,(H,25,30)/t18-,19-/m1/s1. The number of carbonyl (C=O) groups excluding carboxylic acids is 1. The van der Waals surface area contributed by atoms with Gasteiger partial charge in [0.15, 0.2) is 6.10 Å². The van der Waals surface area contributed by atoms with Crippen molar-refractivity contribution in [1.29, 1.82) is 5.26 Å². The number of hydrogen-bond acceptors (Lipinski definition) is 6. The number of nitriles is 1. The quantitative estimate of drug-likeness (QED) is 0.653. The molecule has 3 N–H and O–H groups in total. The summed E-state index contributed by atoms with van der Waals surface area (Å²) < 4.78 is 15.0. The van der Waals surface area contributed by atoms with Crippen LogP contribution >= 0.6 is 0 Å². The van der Waals surface area contributed by atoms with Crippen LogP contribution in [0.2, 0.25) is 0 Å². The Kier molecular flexibility index (Phi) is 6.70. The van der Waals surface area contributed by atoms with Gasteiger partial charge in [-0.25, -0.2) is 9.37 Å². The number of aliphatic hydroxyl groups excluding tert-OH is 2. The van der Waals surface area contributed by atoms with Gasteiger partial charge in [0.2, 0.25) is 0 Å². The highest BCUT2D eigenvalue weighted by Crippen LogP contribution is 2.26. The van der Waals surface area contributed by atoms with Crippen molar-refractivity contribution in [2.24, 2.45) is 13.0 Å². The fourth-order valence-corrected chi connectivity index (χ4v) is 3.67. The van der Waals surface area contributed by atoms with E-state index in [1.807, 2.05) is 17.9 Å². The molecule has 0 spiro atoms. The molecule has 2 atom stereocenters. The fraction of sp³-hybridized carbons (Fsp3) is 0.476. The first-order chi connectivity index (χ1) is 14.3. The predicted octanol–water partition coefficient (Wildman–Crippen LogP) is 1.17. The monoisotopic (exact) mass is 415 g/mol. The van der Waals surface area contributed by atoms with Crippen LogP contribution in [0.5, 0.6) is 0 Å². The third-order valence-electron chi connectivity index (χ3n) is 5.69. The van der Waals surface area contributed by atoms with Crippen LogP contribution in [-0.2, 0) is 11.8 Å². The number of imidazole rings is 1. The van der Waals surface area contributed by atoms with E-state index in [4.69, 9.17) is 0 Å². The molecule has 1 fully saturated rings. The first kappa shape index (κ1) is 21.7. The van der Waals surface area contributed by atoms with Crippen LogP contribution in [0.1, 0.15) is 36.0 Å². The van der Waals surface area contributed by atoms with Gasteiger partial charge in [0, 0.05) is 38.6 Å². The van der Waals surface area contributed by atoms with Crippen molar-refractivity contribution in [3.05, 3.63) is 47.3 Å². The van der Waals surface area contributed by atoms with Gasteiger partial charge in [0.05, 0.1) is 11.3 Å². The summed E-state index contributed by atoms with van der Waals surface area (Å²) in [5, 5.41) is 32.4. The van der Waals surface area contributed by atoms with E-state index in [2.05, 4.69) is 10.3 Å². The lowest BCUT2D eigenvalue weighted by Gasteiger charge is -2.34. The molecule has 2 aromatic rings. The van der Waals surface area contributed by atoms with Crippen LogP contribution in [0.3, 0.4) is 0 Å². The number of piperidine rings is 1. The second kappa shape index (κ2) is 9.24. The minimum atomic E-state index is -1.61. The van der Waals surface area contributed by atoms with Gasteiger partial charge in [0.25, 0.3) is 5.91 Å². The molecule has 1 saturated heterocycles. The van der Waals surface area contributed by atoms with Crippen molar-refractivity contribution < 1.29 is 19.4 Å². The number of nitrogens with zero attached hydrogens (tertiary/aromatic N) is 4. The molecule has 160 valence electrons. The molecule has 9 heteroatoms. The van der Waals surface area contributed by atoms with E-state index in [1.54, 1.807) is 23.9 Å². The Morgan fingerprint density at radius 2 is 2.10 bits per heavy atom. The van der Waals surface area contributed by atoms with Crippen LogP contribution in [-0.4, -0.2) is 51.4 Å². The molecule has 1 aromatic carbocycles. The average Bonchev–Trinajstić information content (AvgIpc) is 3.09. The maximum atomic E-state index is 13.3. The summed E-state index contributed by atoms with van der Waals surface area (Å²) >= 11 is 0. The normalized spacial score (nSPS) is 16.7. The Bertz CT molecular complexity index is 947. The maximum Gasteiger partial charge on any atom is 0.252 e. The second-order valence-electron chi connectivity index (χ2n) is 7.66. The summed E-state index contributed by atoms with van der Waals surface area (Å²) in [6, 6.07) is 6.23. The van der Waals surface area contributed by atoms with Crippen molar-refractivity contribution in [3.63, 3.8) is 0 Å². The molecule has 0 aliphatic carbocycles. The summed E-state index contributed by atoms with van der Waals surface area (Å²) in [6.07, 6.45) is 0.103. The third-order valence-corrected chi connectivity index (χ3v) is 5.69. The number of aryl methyl sites for hydroxylation is 1. The zero-order valence-corrected chi connectivity index (χ0v) is 17.0. The number of rotatable bonds is 6. The summed E-state index contributed by atoms with van der Waals surface area (Å²) in [5.74, 6) is -0.641. The molecule has 0 bridgehead atoms. The third kappa shape index (κ3) is 4.61. The van der Waals surface area contributed by atoms with E-state index in [9.17, 15) is 24.7 Å². The first-order valence-electron chi connectivity index (χ1n) is 9.88. The molecule has 0 radical (unpaired) electrons. The van der Waals surface area contributed by atoms with Crippen LogP contribution in [0.4, 0.5) is 10.1 Å². The predicted molar refractivity (Wildman–Crippen MR) is 108 cm³/mol. The van der Waals surface area contributed by atoms with E-state index < -0.39 is 23.9 Å². The number of aliphatic hydroxyl groups is 2. The Morgan fingerprint density at radius 3 is 2.70 bits per heavy atom. The molecule has 1 amide bonds. The van der Waals surface area contributed by atoms with E-state index in [-0.39, 0.29) is 11.7 Å². The molecule has 30 heavy (non-hydrogen) atoms. The van der Waals surface area contributed by atoms with E-state index in [0.29, 0.717) is 30.9 Å². The van der Waals surface area contributed by atoms with Crippen LogP contribution < -0.4 is 10.2 Å². The van der Waals surface area contributed by atoms with E-state index >= 15 is 0 Å². The van der Waals surface area contributed by atoms with E-state index in [1.165, 1.54) is 12.1 Å². The number of halogens is 1. The minimum Gasteiger partial charge on any atom is -0.382 e. The summed E-state index contributed by atoms with van der Waals surface area (Å²) in [5.41, 5.74) is 1.83. The number of anilines is 1. The Hall–Kier alpha value is -2.96. The van der Waals surface area contributed by atoms with Gasteiger partial charge < -0.3 is 25.0 Å². The van der Waals surface area contributed by atoms with Gasteiger partial charge in [-0.3, -0.25) is 4.79 Å². The Morgan fingerprint density at radius 1 is 1.40 bits per heavy atom. The molecule has 3 rings (SSSR count). The largest absolute Gasteiger partial charge is 0.382 e. The number of amides is 1. The molecule has 0 saturated carbocycles. The average molecular weight is 415 g/mol. The van der Waals surface area contributed by atoms with Gasteiger partial charge in [-0.2, -0.15) is 5.26 Å². The lowest BCUT2D eigenvalue weighted by molar-refractivity contribution is -0.136. The van der Waals surface area contributed by atoms with Crippen molar-refractivity contribution in [2.75, 3.05) is 24.5 Å². The van der Waals surface area contributed by atoms with Crippen molar-refractivity contribution >= 4 is 11.6 Å². The molecule has 1 aromatic heterocycles. The number of hydrogen-bond donors (Lipinski definition) is 3. The molecule has 0 unspecified atom stereocenters. The highest BCUT2D eigenvalue weighted by Gasteiger charge is 2.30. The van der Waals surface area contributed by atoms with Gasteiger partial charge in [-0.1, -0.05) is 0 Å². The van der Waals surface area contributed by atoms with Gasteiger partial charge in [-0.05, 0) is 43.9 Å². The molecule has 8 nitrogen and oxygen atoms in total. The first-order valence-corrected chi connectivity index (χ1v) is 9.88. The summed E-state index contributed by atoms with van der Waals surface area (Å²) in [6.45, 7) is 3.55. The van der Waals surface area contributed by atoms with Crippen molar-refractivity contribution in [2.45, 2.75) is 32.0 Å². The molecular formula is C21H26FN5O3. The summed E-state index contributed by atoms with van der Waals surface area (Å²) in [4.78, 5) is 18.4. The van der Waals surface area contributed by atoms with Crippen molar-refractivity contribution in [3.8, 4) is 6.07 Å². The molecular weight excluding hydrogens is 389 g/mol. The maximum absolute atomic E-state index is 13.3. The van der Waals surface area contributed by atoms with Crippen LogP contribution in [0.25, 0.3) is 0 Å². The molecule has 1 aliphatic heterocycles. The van der Waals surface area contributed by atoms with Crippen LogP contribution in [0.15, 0.2) is 24.4 Å². The molecule has 2 heterocycles. The number of benzene rings is 1. The number of nitrogens with one attached hydrogen (secondary N) is 1. The Balaban J connectivity index is 1.50. The van der Waals surface area contributed by atoms with Gasteiger partial charge >= 0.3 is 0 Å². The number of carbonyl (C=O) groups is 1. The van der Waals surface area contributed by atoms with Gasteiger partial charge in [0.1, 0.15) is 23.8 Å². The SMILES string of the molecule is Cc1cnc([C@H](O)[C@@H](O)C(=O)NCC2CCN(c3ccc(F)cc3C#N)CC2)n1C. The highest BCUT2D eigenvalue weighted by atomic mass is 19.1. The lowest BCUT2D eigenvalue weighted by Crippen LogP contribution is -2.43. The smallest absolute Gasteiger partial charge is 0.252 e. The summed E-state index contributed by atoms with van der Waals surface area (Å²) in [7, 11) is 1.71. The highest BCUT2D eigenvalue weighted by molar-refractivity contribution is 5.81. The zero-order valence-electron chi connectivity index (χ0n) is 17.0. The number of aromatic nitrogens is 2. The van der Waals surface area contributed by atoms with E-state index in [0.717, 1.165) is 18.5 Å². The van der Waals surface area contributed by atoms with Gasteiger partial charge in [-0.15, -0.1) is 0 Å². The fourth-order valence-electron chi connectivity index (χ4n) is 3.67.